The lowest BCUT2D eigenvalue weighted by atomic mass is 9.44. The molecule has 3 aromatic carbocycles. The third-order valence-corrected chi connectivity index (χ3v) is 14.4. The van der Waals surface area contributed by atoms with Crippen LogP contribution >= 0.6 is 0 Å². The van der Waals surface area contributed by atoms with Crippen LogP contribution in [0.3, 0.4) is 0 Å². The SMILES string of the molecule is CC1(CN2CCN(c3ccc4c(c3)CN([C@H]3CCC(=O)NC3=O)C4=O)CC2)CN(c2ccc(C(=O)NC3C(C)(C)C(COc4ccc(C#N)c5[nH]c(=O)ccc45)C3(C)C)cc2)C1. The van der Waals surface area contributed by atoms with Gasteiger partial charge in [-0.2, -0.15) is 5.26 Å². The molecule has 322 valence electrons. The fourth-order valence-electron chi connectivity index (χ4n) is 11.3. The molecule has 4 amide bonds. The lowest BCUT2D eigenvalue weighted by molar-refractivity contribution is -0.137. The maximum absolute atomic E-state index is 13.6. The molecule has 4 aliphatic heterocycles. The third-order valence-electron chi connectivity index (χ3n) is 14.4. The van der Waals surface area contributed by atoms with Crippen molar-refractivity contribution in [1.29, 1.82) is 5.26 Å². The highest BCUT2D eigenvalue weighted by Gasteiger charge is 2.62. The Hall–Kier alpha value is -6.20. The summed E-state index contributed by atoms with van der Waals surface area (Å²) in [5.74, 6) is -0.197. The van der Waals surface area contributed by atoms with E-state index in [-0.39, 0.29) is 57.9 Å². The Morgan fingerprint density at radius 2 is 1.58 bits per heavy atom. The Balaban J connectivity index is 0.742. The zero-order valence-corrected chi connectivity index (χ0v) is 36.0. The van der Waals surface area contributed by atoms with E-state index in [0.717, 1.165) is 62.8 Å². The number of hydrogen-bond donors (Lipinski definition) is 3. The molecule has 0 radical (unpaired) electrons. The monoisotopic (exact) mass is 838 g/mol. The fraction of sp³-hybridized carbons (Fsp3) is 0.458. The number of aromatic nitrogens is 1. The Bertz CT molecular complexity index is 2560. The highest BCUT2D eigenvalue weighted by Crippen LogP contribution is 2.59. The molecular formula is C48H54N8O6. The highest BCUT2D eigenvalue weighted by atomic mass is 16.5. The summed E-state index contributed by atoms with van der Waals surface area (Å²) >= 11 is 0. The number of amides is 4. The Kier molecular flexibility index (Phi) is 10.2. The van der Waals surface area contributed by atoms with Gasteiger partial charge in [0, 0.05) is 110 Å². The first kappa shape index (κ1) is 41.2. The minimum atomic E-state index is -0.614. The number of piperidine rings is 1. The van der Waals surface area contributed by atoms with Gasteiger partial charge in [0.1, 0.15) is 17.9 Å². The first-order valence-corrected chi connectivity index (χ1v) is 21.6. The Morgan fingerprint density at radius 3 is 2.27 bits per heavy atom. The van der Waals surface area contributed by atoms with Gasteiger partial charge in [-0.25, -0.2) is 0 Å². The minimum Gasteiger partial charge on any atom is -0.493 e. The van der Waals surface area contributed by atoms with E-state index in [1.165, 1.54) is 6.07 Å². The predicted molar refractivity (Wildman–Crippen MR) is 235 cm³/mol. The molecule has 3 N–H and O–H groups in total. The van der Waals surface area contributed by atoms with Crippen molar-refractivity contribution in [1.82, 2.24) is 25.4 Å². The summed E-state index contributed by atoms with van der Waals surface area (Å²) in [7, 11) is 0. The molecule has 1 aliphatic carbocycles. The first-order valence-electron chi connectivity index (χ1n) is 21.6. The van der Waals surface area contributed by atoms with Crippen molar-refractivity contribution in [2.75, 3.05) is 62.2 Å². The van der Waals surface area contributed by atoms with Gasteiger partial charge in [-0.1, -0.05) is 34.6 Å². The zero-order valence-electron chi connectivity index (χ0n) is 36.0. The number of anilines is 2. The van der Waals surface area contributed by atoms with Crippen molar-refractivity contribution in [3.8, 4) is 11.8 Å². The molecule has 1 atom stereocenters. The van der Waals surface area contributed by atoms with Crippen LogP contribution in [0, 0.1) is 33.5 Å². The molecule has 4 fully saturated rings. The molecule has 0 spiro atoms. The van der Waals surface area contributed by atoms with E-state index in [0.29, 0.717) is 52.9 Å². The number of nitrogens with one attached hydrogen (secondary N) is 3. The van der Waals surface area contributed by atoms with E-state index >= 15 is 0 Å². The number of ether oxygens (including phenoxy) is 1. The second-order valence-electron chi connectivity index (χ2n) is 19.5. The van der Waals surface area contributed by atoms with Gasteiger partial charge in [-0.05, 0) is 83.5 Å². The van der Waals surface area contributed by atoms with Crippen molar-refractivity contribution in [2.24, 2.45) is 22.2 Å². The van der Waals surface area contributed by atoms with Crippen molar-refractivity contribution in [3.63, 3.8) is 0 Å². The first-order chi connectivity index (χ1) is 29.5. The molecule has 1 saturated carbocycles. The number of fused-ring (bicyclic) bond motifs is 2. The van der Waals surface area contributed by atoms with Crippen LogP contribution in [-0.4, -0.2) is 103 Å². The van der Waals surface area contributed by atoms with Crippen molar-refractivity contribution in [2.45, 2.75) is 66.1 Å². The van der Waals surface area contributed by atoms with Gasteiger partial charge in [0.25, 0.3) is 11.8 Å². The number of nitriles is 1. The average molecular weight is 839 g/mol. The summed E-state index contributed by atoms with van der Waals surface area (Å²) < 4.78 is 6.36. The van der Waals surface area contributed by atoms with Crippen LogP contribution in [0.5, 0.6) is 5.75 Å². The number of nitrogens with zero attached hydrogens (tertiary/aromatic N) is 5. The van der Waals surface area contributed by atoms with Gasteiger partial charge >= 0.3 is 0 Å². The maximum Gasteiger partial charge on any atom is 0.255 e. The van der Waals surface area contributed by atoms with Gasteiger partial charge in [0.2, 0.25) is 17.4 Å². The normalized spacial score (nSPS) is 23.8. The molecule has 5 aliphatic rings. The average Bonchev–Trinajstić information content (AvgIpc) is 3.56. The number of H-pyrrole nitrogens is 1. The van der Waals surface area contributed by atoms with E-state index in [9.17, 15) is 29.2 Å². The summed E-state index contributed by atoms with van der Waals surface area (Å²) in [6.45, 7) is 18.3. The summed E-state index contributed by atoms with van der Waals surface area (Å²) in [6, 6.07) is 21.9. The lowest BCUT2D eigenvalue weighted by Crippen LogP contribution is -2.71. The van der Waals surface area contributed by atoms with Gasteiger partial charge in [-0.3, -0.25) is 34.2 Å². The van der Waals surface area contributed by atoms with Crippen molar-refractivity contribution < 1.29 is 23.9 Å². The Labute approximate surface area is 361 Å². The molecule has 3 saturated heterocycles. The number of rotatable bonds is 10. The predicted octanol–water partition coefficient (Wildman–Crippen LogP) is 4.67. The van der Waals surface area contributed by atoms with E-state index < -0.39 is 11.9 Å². The van der Waals surface area contributed by atoms with Crippen LogP contribution in [0.1, 0.15) is 79.3 Å². The summed E-state index contributed by atoms with van der Waals surface area (Å²) in [6.07, 6.45) is 0.597. The number of hydrogen-bond acceptors (Lipinski definition) is 10. The standard InChI is InChI=1S/C48H54N8O6/c1-46(2)38(25-62-37-15-8-30(23-49)41-35(37)13-16-39(57)50-41)47(3,4)45(46)52-42(59)29-6-9-32(10-7-29)55-27-48(5,28-55)26-53-18-20-54(21-19-53)33-11-12-34-31(22-33)24-56(44(34)61)36-14-17-40(58)51-43(36)60/h6-13,15-16,22,36,38,45H,14,17-21,24-28H2,1-5H3,(H,50,57)(H,52,59)(H,51,58,60)/t36-,38?,45?/m0/s1. The molecule has 14 nitrogen and oxygen atoms in total. The van der Waals surface area contributed by atoms with Crippen LogP contribution in [0.15, 0.2) is 71.5 Å². The molecule has 5 heterocycles. The molecule has 0 bridgehead atoms. The number of carbonyl (C=O) groups excluding carboxylic acids is 4. The number of pyridine rings is 1. The summed E-state index contributed by atoms with van der Waals surface area (Å²) in [5.41, 5.74) is 4.60. The molecular weight excluding hydrogens is 785 g/mol. The molecule has 62 heavy (non-hydrogen) atoms. The molecule has 0 unspecified atom stereocenters. The van der Waals surface area contributed by atoms with Crippen molar-refractivity contribution >= 4 is 45.9 Å². The van der Waals surface area contributed by atoms with E-state index in [1.807, 2.05) is 36.4 Å². The molecule has 14 heteroatoms. The van der Waals surface area contributed by atoms with E-state index in [1.54, 1.807) is 23.1 Å². The smallest absolute Gasteiger partial charge is 0.255 e. The fourth-order valence-corrected chi connectivity index (χ4v) is 11.3. The molecule has 4 aromatic rings. The van der Waals surface area contributed by atoms with Gasteiger partial charge in [-0.15, -0.1) is 0 Å². The van der Waals surface area contributed by atoms with Crippen LogP contribution < -0.4 is 30.7 Å². The lowest BCUT2D eigenvalue weighted by Gasteiger charge is -2.64. The van der Waals surface area contributed by atoms with E-state index in [2.05, 4.69) is 77.1 Å². The Morgan fingerprint density at radius 1 is 0.871 bits per heavy atom. The van der Waals surface area contributed by atoms with Crippen LogP contribution in [-0.2, 0) is 16.1 Å². The number of aromatic amines is 1. The van der Waals surface area contributed by atoms with Gasteiger partial charge in [0.15, 0.2) is 0 Å². The van der Waals surface area contributed by atoms with Crippen LogP contribution in [0.2, 0.25) is 0 Å². The second kappa shape index (κ2) is 15.3. The quantitative estimate of drug-likeness (QED) is 0.191. The van der Waals surface area contributed by atoms with Gasteiger partial charge < -0.3 is 29.7 Å². The van der Waals surface area contributed by atoms with Crippen molar-refractivity contribution in [3.05, 3.63) is 99.3 Å². The molecule has 1 aromatic heterocycles. The zero-order chi connectivity index (χ0) is 43.7. The van der Waals surface area contributed by atoms with Crippen LogP contribution in [0.4, 0.5) is 11.4 Å². The third kappa shape index (κ3) is 7.25. The highest BCUT2D eigenvalue weighted by molar-refractivity contribution is 6.05. The number of benzene rings is 3. The van der Waals surface area contributed by atoms with Gasteiger partial charge in [0.05, 0.1) is 17.7 Å². The topological polar surface area (TPSA) is 171 Å². The minimum absolute atomic E-state index is 0.0836. The second-order valence-corrected chi connectivity index (χ2v) is 19.5. The van der Waals surface area contributed by atoms with E-state index in [4.69, 9.17) is 4.74 Å². The number of carbonyl (C=O) groups is 4. The number of imide groups is 1. The maximum atomic E-state index is 13.6. The number of piperazine rings is 1. The van der Waals surface area contributed by atoms with Crippen LogP contribution in [0.25, 0.3) is 10.9 Å². The largest absolute Gasteiger partial charge is 0.493 e. The summed E-state index contributed by atoms with van der Waals surface area (Å²) in [5, 5.41) is 15.9. The molecule has 9 rings (SSSR count). The summed E-state index contributed by atoms with van der Waals surface area (Å²) in [4.78, 5) is 74.6.